The standard InChI is InChI=1S/C30H42O4Si/c1-8-13-27(33-29(31)9-2)22-28(34-35(6,7)30(3,4)5)21-18-24-16-19-26(20-17-24)32-23-25-14-11-10-12-15-25/h8-12,14-17,19-20,27-28H,1-2,13,18,21-23H2,3-7H3/t27-,28+/m1/s1. The van der Waals surface area contributed by atoms with E-state index in [-0.39, 0.29) is 17.2 Å². The van der Waals surface area contributed by atoms with Gasteiger partial charge in [-0.3, -0.25) is 0 Å². The summed E-state index contributed by atoms with van der Waals surface area (Å²) in [5, 5.41) is 0.0920. The maximum atomic E-state index is 11.9. The van der Waals surface area contributed by atoms with E-state index >= 15 is 0 Å². The van der Waals surface area contributed by atoms with E-state index in [9.17, 15) is 4.79 Å². The third-order valence-corrected chi connectivity index (χ3v) is 11.1. The Hall–Kier alpha value is -2.63. The number of benzene rings is 2. The second kappa shape index (κ2) is 13.5. The van der Waals surface area contributed by atoms with Crippen LogP contribution >= 0.6 is 0 Å². The summed E-state index contributed by atoms with van der Waals surface area (Å²) in [5.41, 5.74) is 2.37. The van der Waals surface area contributed by atoms with Crippen LogP contribution in [0.1, 0.15) is 51.2 Å². The molecule has 0 aliphatic rings. The summed E-state index contributed by atoms with van der Waals surface area (Å²) in [6.45, 7) is 19.1. The van der Waals surface area contributed by atoms with Gasteiger partial charge in [-0.15, -0.1) is 6.58 Å². The number of ether oxygens (including phenoxy) is 2. The molecule has 0 aliphatic carbocycles. The molecule has 0 unspecified atom stereocenters. The fraction of sp³-hybridized carbons (Fsp3) is 0.433. The average Bonchev–Trinajstić information content (AvgIpc) is 2.81. The molecular weight excluding hydrogens is 452 g/mol. The minimum atomic E-state index is -2.00. The topological polar surface area (TPSA) is 44.8 Å². The van der Waals surface area contributed by atoms with Gasteiger partial charge in [-0.25, -0.2) is 4.79 Å². The van der Waals surface area contributed by atoms with Crippen LogP contribution in [0.15, 0.2) is 79.9 Å². The summed E-state index contributed by atoms with van der Waals surface area (Å²) in [7, 11) is -2.00. The fourth-order valence-corrected chi connectivity index (χ4v) is 4.92. The molecule has 0 fully saturated rings. The summed E-state index contributed by atoms with van der Waals surface area (Å²) in [6.07, 6.45) is 5.64. The minimum absolute atomic E-state index is 0.0209. The van der Waals surface area contributed by atoms with Crippen molar-refractivity contribution in [1.29, 1.82) is 0 Å². The number of aryl methyl sites for hydroxylation is 1. The highest BCUT2D eigenvalue weighted by Gasteiger charge is 2.39. The maximum absolute atomic E-state index is 11.9. The first kappa shape index (κ1) is 28.6. The van der Waals surface area contributed by atoms with Gasteiger partial charge in [-0.05, 0) is 54.2 Å². The Morgan fingerprint density at radius 2 is 1.63 bits per heavy atom. The number of rotatable bonds is 14. The van der Waals surface area contributed by atoms with Crippen molar-refractivity contribution < 1.29 is 18.7 Å². The molecular formula is C30H42O4Si. The highest BCUT2D eigenvalue weighted by atomic mass is 28.4. The van der Waals surface area contributed by atoms with E-state index in [1.807, 2.05) is 30.3 Å². The van der Waals surface area contributed by atoms with Crippen LogP contribution in [-0.4, -0.2) is 26.5 Å². The highest BCUT2D eigenvalue weighted by molar-refractivity contribution is 6.74. The van der Waals surface area contributed by atoms with Crippen molar-refractivity contribution in [1.82, 2.24) is 0 Å². The van der Waals surface area contributed by atoms with Crippen LogP contribution in [0.5, 0.6) is 5.75 Å². The van der Waals surface area contributed by atoms with Gasteiger partial charge in [0.2, 0.25) is 0 Å². The quantitative estimate of drug-likeness (QED) is 0.117. The molecule has 0 N–H and O–H groups in total. The lowest BCUT2D eigenvalue weighted by atomic mass is 10.0. The molecule has 2 rings (SSSR count). The van der Waals surface area contributed by atoms with Gasteiger partial charge in [0.05, 0.1) is 0 Å². The molecule has 35 heavy (non-hydrogen) atoms. The van der Waals surface area contributed by atoms with Crippen LogP contribution < -0.4 is 4.74 Å². The van der Waals surface area contributed by atoms with Gasteiger partial charge < -0.3 is 13.9 Å². The number of esters is 1. The van der Waals surface area contributed by atoms with Crippen molar-refractivity contribution in [2.45, 2.75) is 83.4 Å². The van der Waals surface area contributed by atoms with Gasteiger partial charge >= 0.3 is 5.97 Å². The molecule has 5 heteroatoms. The molecule has 0 saturated heterocycles. The zero-order chi connectivity index (χ0) is 25.9. The lowest BCUT2D eigenvalue weighted by molar-refractivity contribution is -0.144. The Bertz CT molecular complexity index is 929. The summed E-state index contributed by atoms with van der Waals surface area (Å²) < 4.78 is 18.3. The molecule has 4 nitrogen and oxygen atoms in total. The third kappa shape index (κ3) is 9.86. The van der Waals surface area contributed by atoms with Gasteiger partial charge in [0.25, 0.3) is 0 Å². The first-order chi connectivity index (χ1) is 16.5. The van der Waals surface area contributed by atoms with E-state index in [0.29, 0.717) is 19.4 Å². The van der Waals surface area contributed by atoms with Gasteiger partial charge in [-0.2, -0.15) is 0 Å². The Kier molecular flexibility index (Phi) is 11.0. The predicted molar refractivity (Wildman–Crippen MR) is 147 cm³/mol. The molecule has 0 aliphatic heterocycles. The van der Waals surface area contributed by atoms with Crippen LogP contribution in [-0.2, 0) is 27.0 Å². The summed E-state index contributed by atoms with van der Waals surface area (Å²) in [4.78, 5) is 11.9. The van der Waals surface area contributed by atoms with Crippen molar-refractivity contribution in [3.05, 3.63) is 91.0 Å². The van der Waals surface area contributed by atoms with Crippen molar-refractivity contribution in [2.75, 3.05) is 0 Å². The molecule has 190 valence electrons. The molecule has 0 aromatic heterocycles. The molecule has 0 radical (unpaired) electrons. The number of hydrogen-bond acceptors (Lipinski definition) is 4. The largest absolute Gasteiger partial charge is 0.489 e. The molecule has 2 aromatic carbocycles. The van der Waals surface area contributed by atoms with Crippen LogP contribution in [0, 0.1) is 0 Å². The van der Waals surface area contributed by atoms with Gasteiger partial charge in [-0.1, -0.05) is 75.9 Å². The fourth-order valence-electron chi connectivity index (χ4n) is 3.52. The molecule has 0 amide bonds. The molecule has 0 bridgehead atoms. The monoisotopic (exact) mass is 494 g/mol. The predicted octanol–water partition coefficient (Wildman–Crippen LogP) is 7.65. The Morgan fingerprint density at radius 1 is 0.971 bits per heavy atom. The second-order valence-electron chi connectivity index (χ2n) is 10.5. The van der Waals surface area contributed by atoms with E-state index in [4.69, 9.17) is 13.9 Å². The second-order valence-corrected chi connectivity index (χ2v) is 15.2. The van der Waals surface area contributed by atoms with E-state index in [1.54, 1.807) is 6.08 Å². The van der Waals surface area contributed by atoms with Crippen LogP contribution in [0.2, 0.25) is 18.1 Å². The maximum Gasteiger partial charge on any atom is 0.330 e. The minimum Gasteiger partial charge on any atom is -0.489 e. The summed E-state index contributed by atoms with van der Waals surface area (Å²) in [6, 6.07) is 18.4. The lowest BCUT2D eigenvalue weighted by Crippen LogP contribution is -2.45. The zero-order valence-corrected chi connectivity index (χ0v) is 23.1. The first-order valence-electron chi connectivity index (χ1n) is 12.4. The van der Waals surface area contributed by atoms with E-state index in [1.165, 1.54) is 11.6 Å². The molecule has 2 aromatic rings. The van der Waals surface area contributed by atoms with Crippen molar-refractivity contribution in [3.8, 4) is 5.75 Å². The smallest absolute Gasteiger partial charge is 0.330 e. The van der Waals surface area contributed by atoms with Crippen LogP contribution in [0.4, 0.5) is 0 Å². The SMILES string of the molecule is C=CC[C@H](C[C@H](CCc1ccc(OCc2ccccc2)cc1)O[Si](C)(C)C(C)(C)C)OC(=O)C=C. The van der Waals surface area contributed by atoms with Crippen molar-refractivity contribution in [3.63, 3.8) is 0 Å². The lowest BCUT2D eigenvalue weighted by Gasteiger charge is -2.40. The van der Waals surface area contributed by atoms with Gasteiger partial charge in [0, 0.05) is 25.0 Å². The van der Waals surface area contributed by atoms with E-state index in [2.05, 4.69) is 71.3 Å². The van der Waals surface area contributed by atoms with E-state index in [0.717, 1.165) is 24.2 Å². The Morgan fingerprint density at radius 3 is 2.20 bits per heavy atom. The third-order valence-electron chi connectivity index (χ3n) is 6.60. The van der Waals surface area contributed by atoms with Gasteiger partial charge in [0.1, 0.15) is 18.5 Å². The van der Waals surface area contributed by atoms with E-state index < -0.39 is 14.3 Å². The van der Waals surface area contributed by atoms with Crippen LogP contribution in [0.3, 0.4) is 0 Å². The molecule has 0 saturated carbocycles. The highest BCUT2D eigenvalue weighted by Crippen LogP contribution is 2.38. The Balaban J connectivity index is 2.05. The molecule has 2 atom stereocenters. The molecule has 0 spiro atoms. The Labute approximate surface area is 213 Å². The van der Waals surface area contributed by atoms with Crippen molar-refractivity contribution in [2.24, 2.45) is 0 Å². The number of carbonyl (C=O) groups excluding carboxylic acids is 1. The van der Waals surface area contributed by atoms with Crippen LogP contribution in [0.25, 0.3) is 0 Å². The average molecular weight is 495 g/mol. The van der Waals surface area contributed by atoms with Gasteiger partial charge in [0.15, 0.2) is 8.32 Å². The number of hydrogen-bond donors (Lipinski definition) is 0. The normalized spacial score (nSPS) is 13.5. The van der Waals surface area contributed by atoms with Crippen molar-refractivity contribution >= 4 is 14.3 Å². The zero-order valence-electron chi connectivity index (χ0n) is 22.1. The molecule has 0 heterocycles. The summed E-state index contributed by atoms with van der Waals surface area (Å²) in [5.74, 6) is 0.447. The first-order valence-corrected chi connectivity index (χ1v) is 15.3. The number of carbonyl (C=O) groups is 1. The summed E-state index contributed by atoms with van der Waals surface area (Å²) >= 11 is 0.